The first-order valence-electron chi connectivity index (χ1n) is 5.17. The van der Waals surface area contributed by atoms with Crippen molar-refractivity contribution in [2.75, 3.05) is 6.54 Å². The van der Waals surface area contributed by atoms with Crippen LogP contribution in [-0.2, 0) is 13.1 Å². The SMILES string of the molecule is CC1CCCN1Cc1csc(CN)n1. The van der Waals surface area contributed by atoms with Crippen molar-refractivity contribution in [1.29, 1.82) is 0 Å². The highest BCUT2D eigenvalue weighted by Gasteiger charge is 2.20. The Morgan fingerprint density at radius 3 is 3.14 bits per heavy atom. The molecule has 0 amide bonds. The Labute approximate surface area is 88.9 Å². The molecule has 0 saturated carbocycles. The molecule has 0 radical (unpaired) electrons. The lowest BCUT2D eigenvalue weighted by atomic mass is 10.2. The van der Waals surface area contributed by atoms with Crippen LogP contribution in [0.3, 0.4) is 0 Å². The van der Waals surface area contributed by atoms with Crippen molar-refractivity contribution in [3.63, 3.8) is 0 Å². The summed E-state index contributed by atoms with van der Waals surface area (Å²) >= 11 is 1.67. The third-order valence-corrected chi connectivity index (χ3v) is 3.75. The second-order valence-corrected chi connectivity index (χ2v) is 4.84. The normalized spacial score (nSPS) is 23.1. The van der Waals surface area contributed by atoms with E-state index >= 15 is 0 Å². The van der Waals surface area contributed by atoms with Crippen LogP contribution in [0.25, 0.3) is 0 Å². The molecule has 4 heteroatoms. The predicted molar refractivity (Wildman–Crippen MR) is 59.1 cm³/mol. The number of nitrogens with zero attached hydrogens (tertiary/aromatic N) is 2. The van der Waals surface area contributed by atoms with Gasteiger partial charge in [-0.2, -0.15) is 0 Å². The van der Waals surface area contributed by atoms with Gasteiger partial charge in [0.25, 0.3) is 0 Å². The molecule has 3 nitrogen and oxygen atoms in total. The van der Waals surface area contributed by atoms with Crippen molar-refractivity contribution in [2.45, 2.75) is 38.9 Å². The molecule has 1 saturated heterocycles. The van der Waals surface area contributed by atoms with E-state index in [2.05, 4.69) is 22.2 Å². The first kappa shape index (κ1) is 10.1. The first-order valence-corrected chi connectivity index (χ1v) is 6.05. The van der Waals surface area contributed by atoms with Gasteiger partial charge in [-0.05, 0) is 26.3 Å². The summed E-state index contributed by atoms with van der Waals surface area (Å²) in [5.74, 6) is 0. The lowest BCUT2D eigenvalue weighted by Crippen LogP contribution is -2.26. The summed E-state index contributed by atoms with van der Waals surface area (Å²) < 4.78 is 0. The minimum absolute atomic E-state index is 0.570. The number of nitrogens with two attached hydrogens (primary N) is 1. The summed E-state index contributed by atoms with van der Waals surface area (Å²) in [6, 6.07) is 0.720. The van der Waals surface area contributed by atoms with Crippen LogP contribution >= 0.6 is 11.3 Å². The maximum Gasteiger partial charge on any atom is 0.106 e. The molecule has 0 bridgehead atoms. The van der Waals surface area contributed by atoms with Crippen LogP contribution in [0.1, 0.15) is 30.5 Å². The summed E-state index contributed by atoms with van der Waals surface area (Å²) in [5, 5.41) is 3.18. The highest BCUT2D eigenvalue weighted by atomic mass is 32.1. The summed E-state index contributed by atoms with van der Waals surface area (Å²) in [4.78, 5) is 6.97. The van der Waals surface area contributed by atoms with Crippen LogP contribution < -0.4 is 5.73 Å². The highest BCUT2D eigenvalue weighted by Crippen LogP contribution is 2.20. The number of hydrogen-bond donors (Lipinski definition) is 1. The zero-order valence-corrected chi connectivity index (χ0v) is 9.39. The zero-order chi connectivity index (χ0) is 9.97. The molecule has 1 atom stereocenters. The van der Waals surface area contributed by atoms with Gasteiger partial charge in [-0.15, -0.1) is 11.3 Å². The van der Waals surface area contributed by atoms with Gasteiger partial charge in [0, 0.05) is 24.5 Å². The number of thiazole rings is 1. The minimum Gasteiger partial charge on any atom is -0.325 e. The quantitative estimate of drug-likeness (QED) is 0.825. The molecule has 2 N–H and O–H groups in total. The van der Waals surface area contributed by atoms with E-state index in [0.717, 1.165) is 17.6 Å². The van der Waals surface area contributed by atoms with Gasteiger partial charge >= 0.3 is 0 Å². The molecule has 1 aromatic rings. The Bertz CT molecular complexity index is 297. The number of likely N-dealkylation sites (tertiary alicyclic amines) is 1. The van der Waals surface area contributed by atoms with E-state index in [1.165, 1.54) is 25.1 Å². The van der Waals surface area contributed by atoms with Crippen LogP contribution in [0, 0.1) is 0 Å². The number of hydrogen-bond acceptors (Lipinski definition) is 4. The minimum atomic E-state index is 0.570. The molecule has 0 aromatic carbocycles. The van der Waals surface area contributed by atoms with E-state index in [1.54, 1.807) is 11.3 Å². The Balaban J connectivity index is 1.96. The molecule has 1 aromatic heterocycles. The van der Waals surface area contributed by atoms with Gasteiger partial charge in [0.1, 0.15) is 5.01 Å². The lowest BCUT2D eigenvalue weighted by molar-refractivity contribution is 0.257. The summed E-state index contributed by atoms with van der Waals surface area (Å²) in [6.07, 6.45) is 2.66. The Morgan fingerprint density at radius 1 is 1.71 bits per heavy atom. The molecule has 1 aliphatic heterocycles. The average molecular weight is 211 g/mol. The maximum absolute atomic E-state index is 5.53. The fraction of sp³-hybridized carbons (Fsp3) is 0.700. The Morgan fingerprint density at radius 2 is 2.57 bits per heavy atom. The van der Waals surface area contributed by atoms with Crippen LogP contribution in [0.15, 0.2) is 5.38 Å². The Kier molecular flexibility index (Phi) is 3.15. The van der Waals surface area contributed by atoms with E-state index in [1.807, 2.05) is 0 Å². The molecule has 2 rings (SSSR count). The van der Waals surface area contributed by atoms with Gasteiger partial charge in [0.15, 0.2) is 0 Å². The maximum atomic E-state index is 5.53. The van der Waals surface area contributed by atoms with Gasteiger partial charge in [-0.3, -0.25) is 4.90 Å². The summed E-state index contributed by atoms with van der Waals surface area (Å²) in [7, 11) is 0. The topological polar surface area (TPSA) is 42.1 Å². The molecular weight excluding hydrogens is 194 g/mol. The van der Waals surface area contributed by atoms with Crippen LogP contribution in [0.5, 0.6) is 0 Å². The molecule has 0 aliphatic carbocycles. The predicted octanol–water partition coefficient (Wildman–Crippen LogP) is 1.59. The standard InChI is InChI=1S/C10H17N3S/c1-8-3-2-4-13(8)6-9-7-14-10(5-11)12-9/h7-8H,2-6,11H2,1H3. The Hall–Kier alpha value is -0.450. The second-order valence-electron chi connectivity index (χ2n) is 3.90. The molecule has 14 heavy (non-hydrogen) atoms. The number of rotatable bonds is 3. The summed E-state index contributed by atoms with van der Waals surface area (Å²) in [6.45, 7) is 5.08. The van der Waals surface area contributed by atoms with E-state index in [-0.39, 0.29) is 0 Å². The van der Waals surface area contributed by atoms with E-state index in [4.69, 9.17) is 5.73 Å². The monoisotopic (exact) mass is 211 g/mol. The summed E-state index contributed by atoms with van der Waals surface area (Å²) in [5.41, 5.74) is 6.72. The molecule has 0 spiro atoms. The van der Waals surface area contributed by atoms with Crippen molar-refractivity contribution in [3.05, 3.63) is 16.1 Å². The average Bonchev–Trinajstić information content (AvgIpc) is 2.77. The smallest absolute Gasteiger partial charge is 0.106 e. The molecule has 1 fully saturated rings. The molecular formula is C10H17N3S. The first-order chi connectivity index (χ1) is 6.79. The molecule has 1 aliphatic rings. The fourth-order valence-electron chi connectivity index (χ4n) is 1.95. The third-order valence-electron chi connectivity index (χ3n) is 2.83. The van der Waals surface area contributed by atoms with Gasteiger partial charge in [-0.1, -0.05) is 0 Å². The van der Waals surface area contributed by atoms with E-state index < -0.39 is 0 Å². The molecule has 78 valence electrons. The van der Waals surface area contributed by atoms with Crippen molar-refractivity contribution >= 4 is 11.3 Å². The van der Waals surface area contributed by atoms with E-state index in [9.17, 15) is 0 Å². The largest absolute Gasteiger partial charge is 0.325 e. The van der Waals surface area contributed by atoms with Gasteiger partial charge in [-0.25, -0.2) is 4.98 Å². The van der Waals surface area contributed by atoms with Crippen LogP contribution in [0.4, 0.5) is 0 Å². The molecule has 2 heterocycles. The molecule has 1 unspecified atom stereocenters. The van der Waals surface area contributed by atoms with Gasteiger partial charge < -0.3 is 5.73 Å². The fourth-order valence-corrected chi connectivity index (χ4v) is 2.62. The van der Waals surface area contributed by atoms with Crippen molar-refractivity contribution in [1.82, 2.24) is 9.88 Å². The van der Waals surface area contributed by atoms with E-state index in [0.29, 0.717) is 6.54 Å². The van der Waals surface area contributed by atoms with Crippen LogP contribution in [-0.4, -0.2) is 22.5 Å². The zero-order valence-electron chi connectivity index (χ0n) is 8.57. The highest BCUT2D eigenvalue weighted by molar-refractivity contribution is 7.09. The third kappa shape index (κ3) is 2.13. The second kappa shape index (κ2) is 4.38. The van der Waals surface area contributed by atoms with Gasteiger partial charge in [0.05, 0.1) is 5.69 Å². The van der Waals surface area contributed by atoms with Crippen molar-refractivity contribution in [2.24, 2.45) is 5.73 Å². The van der Waals surface area contributed by atoms with Crippen molar-refractivity contribution < 1.29 is 0 Å². The van der Waals surface area contributed by atoms with Crippen molar-refractivity contribution in [3.8, 4) is 0 Å². The number of aromatic nitrogens is 1. The van der Waals surface area contributed by atoms with Crippen LogP contribution in [0.2, 0.25) is 0 Å². The van der Waals surface area contributed by atoms with Gasteiger partial charge in [0.2, 0.25) is 0 Å². The lowest BCUT2D eigenvalue weighted by Gasteiger charge is -2.19.